The molecule has 0 aliphatic rings. The lowest BCUT2D eigenvalue weighted by atomic mass is 9.67. The van der Waals surface area contributed by atoms with Gasteiger partial charge in [-0.2, -0.15) is 0 Å². The number of hydrogen-bond acceptors (Lipinski definition) is 1. The van der Waals surface area contributed by atoms with Crippen LogP contribution in [-0.4, -0.2) is 6.54 Å². The Hall–Kier alpha value is -0.0400. The molecule has 0 aliphatic carbocycles. The van der Waals surface area contributed by atoms with E-state index >= 15 is 0 Å². The van der Waals surface area contributed by atoms with Crippen LogP contribution in [0.2, 0.25) is 0 Å². The molecule has 0 bridgehead atoms. The fourth-order valence-corrected chi connectivity index (χ4v) is 3.55. The molecule has 0 heterocycles. The minimum atomic E-state index is 0.787. The van der Waals surface area contributed by atoms with E-state index in [1.165, 1.54) is 25.7 Å². The lowest BCUT2D eigenvalue weighted by Gasteiger charge is -2.38. The van der Waals surface area contributed by atoms with Crippen LogP contribution in [0.5, 0.6) is 0 Å². The lowest BCUT2D eigenvalue weighted by molar-refractivity contribution is 0.110. The second-order valence-corrected chi connectivity index (χ2v) is 6.24. The molecule has 0 aromatic rings. The Bertz CT molecular complexity index is 170. The van der Waals surface area contributed by atoms with Crippen molar-refractivity contribution in [2.75, 3.05) is 6.54 Å². The third-order valence-corrected chi connectivity index (χ3v) is 4.46. The van der Waals surface area contributed by atoms with Gasteiger partial charge in [-0.25, -0.2) is 0 Å². The van der Waals surface area contributed by atoms with Gasteiger partial charge in [0.25, 0.3) is 0 Å². The van der Waals surface area contributed by atoms with Crippen molar-refractivity contribution in [2.45, 2.75) is 67.2 Å². The lowest BCUT2D eigenvalue weighted by Crippen LogP contribution is -2.31. The Morgan fingerprint density at radius 1 is 0.882 bits per heavy atom. The van der Waals surface area contributed by atoms with Gasteiger partial charge < -0.3 is 5.73 Å². The maximum atomic E-state index is 5.69. The molecule has 17 heavy (non-hydrogen) atoms. The topological polar surface area (TPSA) is 26.0 Å². The largest absolute Gasteiger partial charge is 0.330 e. The summed E-state index contributed by atoms with van der Waals surface area (Å²) in [4.78, 5) is 0. The Balaban J connectivity index is 4.81. The fraction of sp³-hybridized carbons (Fsp3) is 1.00. The molecule has 0 saturated carbocycles. The summed E-state index contributed by atoms with van der Waals surface area (Å²) in [5.41, 5.74) is 5.69. The molecule has 0 aromatic heterocycles. The summed E-state index contributed by atoms with van der Waals surface area (Å²) in [5.74, 6) is 4.19. The molecule has 0 aliphatic heterocycles. The summed E-state index contributed by atoms with van der Waals surface area (Å²) in [6.07, 6.45) is 5.15. The summed E-state index contributed by atoms with van der Waals surface area (Å²) in [7, 11) is 0. The summed E-state index contributed by atoms with van der Waals surface area (Å²) in [6.45, 7) is 15.1. The van der Waals surface area contributed by atoms with Gasteiger partial charge in [0.1, 0.15) is 0 Å². The van der Waals surface area contributed by atoms with Gasteiger partial charge in [-0.05, 0) is 49.0 Å². The molecule has 104 valence electrons. The van der Waals surface area contributed by atoms with E-state index in [0.717, 1.165) is 36.1 Å². The molecule has 0 amide bonds. The molecule has 0 rings (SSSR count). The maximum absolute atomic E-state index is 5.69. The highest BCUT2D eigenvalue weighted by Gasteiger charge is 2.31. The average Bonchev–Trinajstić information content (AvgIpc) is 2.27. The minimum Gasteiger partial charge on any atom is -0.330 e. The smallest absolute Gasteiger partial charge is 0.00772 e. The van der Waals surface area contributed by atoms with Crippen LogP contribution in [-0.2, 0) is 0 Å². The van der Waals surface area contributed by atoms with Crippen LogP contribution in [0.15, 0.2) is 0 Å². The van der Waals surface area contributed by atoms with E-state index < -0.39 is 0 Å². The minimum absolute atomic E-state index is 0.787. The van der Waals surface area contributed by atoms with Gasteiger partial charge in [0, 0.05) is 0 Å². The molecular formula is C16H35N. The van der Waals surface area contributed by atoms with Gasteiger partial charge in [-0.3, -0.25) is 0 Å². The summed E-state index contributed by atoms with van der Waals surface area (Å²) < 4.78 is 0. The van der Waals surface area contributed by atoms with Crippen LogP contribution in [0.1, 0.15) is 67.2 Å². The monoisotopic (exact) mass is 241 g/mol. The molecule has 0 saturated heterocycles. The van der Waals surface area contributed by atoms with Crippen molar-refractivity contribution in [1.82, 2.24) is 0 Å². The molecule has 0 spiro atoms. The third kappa shape index (κ3) is 5.42. The molecule has 1 nitrogen and oxygen atoms in total. The number of nitrogens with two attached hydrogens (primary N) is 1. The summed E-state index contributed by atoms with van der Waals surface area (Å²) in [6, 6.07) is 0. The molecular weight excluding hydrogens is 206 g/mol. The maximum Gasteiger partial charge on any atom is -0.00772 e. The second kappa shape index (κ2) is 8.97. The Labute approximate surface area is 110 Å². The summed E-state index contributed by atoms with van der Waals surface area (Å²) >= 11 is 0. The molecule has 0 radical (unpaired) electrons. The summed E-state index contributed by atoms with van der Waals surface area (Å²) in [5, 5.41) is 0. The van der Waals surface area contributed by atoms with Crippen LogP contribution >= 0.6 is 0 Å². The zero-order valence-electron chi connectivity index (χ0n) is 13.0. The van der Waals surface area contributed by atoms with Gasteiger partial charge in [0.15, 0.2) is 0 Å². The van der Waals surface area contributed by atoms with E-state index in [9.17, 15) is 0 Å². The van der Waals surface area contributed by atoms with E-state index in [-0.39, 0.29) is 0 Å². The first-order chi connectivity index (χ1) is 7.99. The number of hydrogen-bond donors (Lipinski definition) is 1. The quantitative estimate of drug-likeness (QED) is 0.622. The molecule has 2 atom stereocenters. The zero-order chi connectivity index (χ0) is 13.4. The molecule has 0 aromatic carbocycles. The van der Waals surface area contributed by atoms with Crippen LogP contribution in [0.25, 0.3) is 0 Å². The van der Waals surface area contributed by atoms with Crippen molar-refractivity contribution in [3.63, 3.8) is 0 Å². The molecule has 2 N–H and O–H groups in total. The average molecular weight is 241 g/mol. The highest BCUT2D eigenvalue weighted by Crippen LogP contribution is 2.39. The van der Waals surface area contributed by atoms with Crippen LogP contribution in [0.3, 0.4) is 0 Å². The van der Waals surface area contributed by atoms with Crippen LogP contribution < -0.4 is 5.73 Å². The van der Waals surface area contributed by atoms with Gasteiger partial charge >= 0.3 is 0 Å². The van der Waals surface area contributed by atoms with E-state index in [2.05, 4.69) is 41.5 Å². The van der Waals surface area contributed by atoms with Crippen molar-refractivity contribution in [1.29, 1.82) is 0 Å². The Morgan fingerprint density at radius 3 is 1.71 bits per heavy atom. The normalized spacial score (nSPS) is 15.9. The van der Waals surface area contributed by atoms with Crippen LogP contribution in [0.4, 0.5) is 0 Å². The molecule has 0 fully saturated rings. The third-order valence-electron chi connectivity index (χ3n) is 4.46. The van der Waals surface area contributed by atoms with Gasteiger partial charge in [0.05, 0.1) is 0 Å². The first kappa shape index (κ1) is 17.0. The predicted octanol–water partition coefficient (Wildman–Crippen LogP) is 4.71. The SMILES string of the molecule is CCC(CC)C(C(C)C)C(CCCN)C(C)C. The van der Waals surface area contributed by atoms with Crippen LogP contribution in [0, 0.1) is 29.6 Å². The zero-order valence-corrected chi connectivity index (χ0v) is 13.0. The van der Waals surface area contributed by atoms with E-state index in [4.69, 9.17) is 5.73 Å². The van der Waals surface area contributed by atoms with E-state index in [1.807, 2.05) is 0 Å². The van der Waals surface area contributed by atoms with E-state index in [1.54, 1.807) is 0 Å². The predicted molar refractivity (Wildman–Crippen MR) is 79.0 cm³/mol. The van der Waals surface area contributed by atoms with Crippen molar-refractivity contribution in [2.24, 2.45) is 35.3 Å². The highest BCUT2D eigenvalue weighted by atomic mass is 14.5. The van der Waals surface area contributed by atoms with Crippen molar-refractivity contribution in [3.05, 3.63) is 0 Å². The van der Waals surface area contributed by atoms with Gasteiger partial charge in [-0.1, -0.05) is 54.4 Å². The van der Waals surface area contributed by atoms with Crippen molar-refractivity contribution >= 4 is 0 Å². The molecule has 2 unspecified atom stereocenters. The van der Waals surface area contributed by atoms with Crippen molar-refractivity contribution in [3.8, 4) is 0 Å². The highest BCUT2D eigenvalue weighted by molar-refractivity contribution is 4.80. The standard InChI is InChI=1S/C16H35N/c1-7-14(8-2)16(13(5)6)15(12(3)4)10-9-11-17/h12-16H,7-11,17H2,1-6H3. The second-order valence-electron chi connectivity index (χ2n) is 6.24. The van der Waals surface area contributed by atoms with Crippen molar-refractivity contribution < 1.29 is 0 Å². The van der Waals surface area contributed by atoms with Gasteiger partial charge in [0.2, 0.25) is 0 Å². The Kier molecular flexibility index (Phi) is 8.94. The Morgan fingerprint density at radius 2 is 1.41 bits per heavy atom. The van der Waals surface area contributed by atoms with E-state index in [0.29, 0.717) is 0 Å². The first-order valence-corrected chi connectivity index (χ1v) is 7.69. The van der Waals surface area contributed by atoms with Gasteiger partial charge in [-0.15, -0.1) is 0 Å². The number of rotatable bonds is 9. The fourth-order valence-electron chi connectivity index (χ4n) is 3.55. The first-order valence-electron chi connectivity index (χ1n) is 7.69. The molecule has 1 heteroatoms.